The normalized spacial score (nSPS) is 14.2. The maximum Gasteiger partial charge on any atom is 0.261 e. The summed E-state index contributed by atoms with van der Waals surface area (Å²) in [4.78, 5) is 5.88. The van der Waals surface area contributed by atoms with E-state index in [1.165, 1.54) is 6.20 Å². The van der Waals surface area contributed by atoms with Gasteiger partial charge in [-0.05, 0) is 66.3 Å². The Kier molecular flexibility index (Phi) is 13.6. The Balaban J connectivity index is 1.31. The van der Waals surface area contributed by atoms with Crippen molar-refractivity contribution in [2.45, 2.75) is 57.9 Å². The van der Waals surface area contributed by atoms with Gasteiger partial charge < -0.3 is 34.8 Å². The zero-order chi connectivity index (χ0) is 38.0. The number of hydrogen-bond donors (Lipinski definition) is 4. The number of hydrogen-bond acceptors (Lipinski definition) is 10. The smallest absolute Gasteiger partial charge is 0.261 e. The molecule has 0 saturated carbocycles. The molecule has 0 atom stereocenters. The number of halogens is 3. The molecule has 0 aliphatic carbocycles. The van der Waals surface area contributed by atoms with Crippen LogP contribution in [0.4, 0.5) is 8.78 Å². The molecule has 282 valence electrons. The van der Waals surface area contributed by atoms with Gasteiger partial charge in [0.05, 0.1) is 49.1 Å². The Bertz CT molecular complexity index is 1890. The van der Waals surface area contributed by atoms with Crippen molar-refractivity contribution in [3.8, 4) is 34.4 Å². The van der Waals surface area contributed by atoms with Gasteiger partial charge in [-0.25, -0.2) is 8.78 Å². The molecule has 0 unspecified atom stereocenters. The van der Waals surface area contributed by atoms with Gasteiger partial charge in [-0.1, -0.05) is 41.9 Å². The molecule has 1 aliphatic heterocycles. The van der Waals surface area contributed by atoms with E-state index >= 15 is 0 Å². The molecule has 0 spiro atoms. The van der Waals surface area contributed by atoms with Gasteiger partial charge >= 0.3 is 0 Å². The molecule has 5 rings (SSSR count). The van der Waals surface area contributed by atoms with Crippen molar-refractivity contribution in [2.24, 2.45) is 0 Å². The Hall–Kier alpha value is -4.35. The lowest BCUT2D eigenvalue weighted by Crippen LogP contribution is -2.54. The van der Waals surface area contributed by atoms with E-state index in [0.29, 0.717) is 59.3 Å². The summed E-state index contributed by atoms with van der Waals surface area (Å²) in [5.41, 5.74) is 5.24. The zero-order valence-corrected chi connectivity index (χ0v) is 30.6. The number of rotatable bonds is 18. The van der Waals surface area contributed by atoms with E-state index in [-0.39, 0.29) is 32.7 Å². The van der Waals surface area contributed by atoms with Gasteiger partial charge in [0, 0.05) is 55.6 Å². The Morgan fingerprint density at radius 2 is 1.62 bits per heavy atom. The van der Waals surface area contributed by atoms with Crippen molar-refractivity contribution < 1.29 is 38.3 Å². The molecule has 4 aromatic rings. The third kappa shape index (κ3) is 10.2. The number of alkyl halides is 2. The van der Waals surface area contributed by atoms with E-state index in [2.05, 4.69) is 16.4 Å². The van der Waals surface area contributed by atoms with E-state index in [9.17, 15) is 29.4 Å². The van der Waals surface area contributed by atoms with Gasteiger partial charge in [-0.15, -0.1) is 0 Å². The molecular weight excluding hydrogens is 706 g/mol. The summed E-state index contributed by atoms with van der Waals surface area (Å²) in [6.45, 7) is 4.10. The number of aliphatic hydroxyl groups excluding tert-OH is 3. The Labute approximate surface area is 313 Å². The Morgan fingerprint density at radius 1 is 0.906 bits per heavy atom. The predicted octanol–water partition coefficient (Wildman–Crippen LogP) is 5.96. The van der Waals surface area contributed by atoms with Crippen LogP contribution in [0.1, 0.15) is 46.2 Å². The molecule has 10 nitrogen and oxygen atoms in total. The predicted molar refractivity (Wildman–Crippen MR) is 197 cm³/mol. The van der Waals surface area contributed by atoms with Crippen LogP contribution in [0.25, 0.3) is 11.1 Å². The van der Waals surface area contributed by atoms with Crippen LogP contribution < -0.4 is 19.5 Å². The van der Waals surface area contributed by atoms with Crippen LogP contribution in [0.5, 0.6) is 17.2 Å². The first-order chi connectivity index (χ1) is 25.5. The monoisotopic (exact) mass is 750 g/mol. The lowest BCUT2D eigenvalue weighted by atomic mass is 9.93. The number of aliphatic hydroxyl groups is 3. The highest BCUT2D eigenvalue weighted by atomic mass is 35.5. The highest BCUT2D eigenvalue weighted by molar-refractivity contribution is 6.32. The van der Waals surface area contributed by atoms with Crippen molar-refractivity contribution in [1.29, 1.82) is 5.26 Å². The molecular formula is C40H45ClF2N4O6. The average molecular weight is 751 g/mol. The maximum absolute atomic E-state index is 13.5. The third-order valence-corrected chi connectivity index (χ3v) is 9.82. The number of nitriles is 1. The highest BCUT2D eigenvalue weighted by Crippen LogP contribution is 2.37. The van der Waals surface area contributed by atoms with Gasteiger partial charge in [0.1, 0.15) is 36.5 Å². The van der Waals surface area contributed by atoms with E-state index < -0.39 is 31.3 Å². The van der Waals surface area contributed by atoms with E-state index in [0.717, 1.165) is 33.6 Å². The van der Waals surface area contributed by atoms with E-state index in [1.54, 1.807) is 29.3 Å². The molecule has 1 aromatic heterocycles. The number of pyridine rings is 1. The minimum absolute atomic E-state index is 0.0857. The van der Waals surface area contributed by atoms with Crippen LogP contribution >= 0.6 is 11.6 Å². The molecule has 1 saturated heterocycles. The maximum atomic E-state index is 13.5. The van der Waals surface area contributed by atoms with Crippen molar-refractivity contribution in [3.05, 3.63) is 105 Å². The summed E-state index contributed by atoms with van der Waals surface area (Å²) in [5.74, 6) is -1.09. The van der Waals surface area contributed by atoms with E-state index in [1.807, 2.05) is 50.2 Å². The molecule has 1 fully saturated rings. The number of aromatic nitrogens is 1. The molecule has 2 heterocycles. The number of ether oxygens (including phenoxy) is 3. The summed E-state index contributed by atoms with van der Waals surface area (Å²) >= 11 is 6.73. The molecule has 0 radical (unpaired) electrons. The molecule has 0 amide bonds. The number of nitrogens with one attached hydrogen (secondary N) is 1. The molecule has 3 aromatic carbocycles. The van der Waals surface area contributed by atoms with Crippen molar-refractivity contribution in [3.63, 3.8) is 0 Å². The number of nitrogens with zero attached hydrogens (tertiary/aromatic N) is 3. The number of benzene rings is 3. The zero-order valence-electron chi connectivity index (χ0n) is 29.9. The summed E-state index contributed by atoms with van der Waals surface area (Å²) in [6.07, 6.45) is 3.62. The quantitative estimate of drug-likeness (QED) is 0.0901. The summed E-state index contributed by atoms with van der Waals surface area (Å²) < 4.78 is 45.6. The topological polar surface area (TPSA) is 140 Å². The lowest BCUT2D eigenvalue weighted by molar-refractivity contribution is 0.0118. The standard InChI is InChI=1S/C40H45ClF2N4O6/c1-27-31(6-3-7-33(27)34-8-4-9-36(28(34)2)51-13-5-11-47-12-10-40(42,43)23-47)22-53-38-16-37(52-21-30-14-29(17-44)18-45-19-30)32(15-35(38)41)20-46-39(24-48,25-49)26-50/h3-4,6-9,14-16,18-19,46,48-50H,5,10-13,20-26H2,1-2H3. The lowest BCUT2D eigenvalue weighted by Gasteiger charge is -2.29. The number of likely N-dealkylation sites (tertiary alicyclic amines) is 1. The largest absolute Gasteiger partial charge is 0.493 e. The fourth-order valence-electron chi connectivity index (χ4n) is 6.17. The Morgan fingerprint density at radius 3 is 2.32 bits per heavy atom. The van der Waals surface area contributed by atoms with E-state index in [4.69, 9.17) is 25.8 Å². The van der Waals surface area contributed by atoms with Gasteiger partial charge in [-0.2, -0.15) is 5.26 Å². The second-order valence-electron chi connectivity index (χ2n) is 13.4. The molecule has 0 bridgehead atoms. The van der Waals surface area contributed by atoms with Gasteiger partial charge in [0.15, 0.2) is 0 Å². The first-order valence-electron chi connectivity index (χ1n) is 17.4. The van der Waals surface area contributed by atoms with Crippen LogP contribution in [-0.2, 0) is 19.8 Å². The van der Waals surface area contributed by atoms with Crippen molar-refractivity contribution in [1.82, 2.24) is 15.2 Å². The van der Waals surface area contributed by atoms with Crippen molar-refractivity contribution >= 4 is 11.6 Å². The van der Waals surface area contributed by atoms with Gasteiger partial charge in [0.25, 0.3) is 5.92 Å². The second kappa shape index (κ2) is 18.1. The second-order valence-corrected chi connectivity index (χ2v) is 13.8. The summed E-state index contributed by atoms with van der Waals surface area (Å²) in [5, 5.41) is 42.0. The minimum atomic E-state index is -2.60. The summed E-state index contributed by atoms with van der Waals surface area (Å²) in [7, 11) is 0. The highest BCUT2D eigenvalue weighted by Gasteiger charge is 2.37. The van der Waals surface area contributed by atoms with Crippen LogP contribution in [0.3, 0.4) is 0 Å². The van der Waals surface area contributed by atoms with Crippen molar-refractivity contribution in [2.75, 3.05) is 46.1 Å². The minimum Gasteiger partial charge on any atom is -0.493 e. The molecule has 4 N–H and O–H groups in total. The fourth-order valence-corrected chi connectivity index (χ4v) is 6.41. The molecule has 1 aliphatic rings. The van der Waals surface area contributed by atoms with Gasteiger partial charge in [-0.3, -0.25) is 9.88 Å². The first kappa shape index (κ1) is 39.8. The average Bonchev–Trinajstić information content (AvgIpc) is 3.52. The van der Waals surface area contributed by atoms with Gasteiger partial charge in [0.2, 0.25) is 0 Å². The van der Waals surface area contributed by atoms with Crippen LogP contribution in [0, 0.1) is 25.2 Å². The SMILES string of the molecule is Cc1c(COc2cc(OCc3cncc(C#N)c3)c(CNC(CO)(CO)CO)cc2Cl)cccc1-c1cccc(OCCCN2CCC(F)(F)C2)c1C. The van der Waals surface area contributed by atoms with Crippen LogP contribution in [-0.4, -0.2) is 82.7 Å². The van der Waals surface area contributed by atoms with Crippen LogP contribution in [0.2, 0.25) is 5.02 Å². The molecule has 13 heteroatoms. The third-order valence-electron chi connectivity index (χ3n) is 9.52. The van der Waals surface area contributed by atoms with Crippen LogP contribution in [0.15, 0.2) is 67.0 Å². The fraction of sp³-hybridized carbons (Fsp3) is 0.400. The summed E-state index contributed by atoms with van der Waals surface area (Å²) in [6, 6.07) is 18.9. The molecule has 53 heavy (non-hydrogen) atoms. The first-order valence-corrected chi connectivity index (χ1v) is 17.8.